The molecule has 1 aromatic heterocycles. The average molecular weight is 377 g/mol. The fourth-order valence-corrected chi connectivity index (χ4v) is 4.06. The summed E-state index contributed by atoms with van der Waals surface area (Å²) in [4.78, 5) is 14.7. The Hall–Kier alpha value is -2.82. The molecule has 0 aliphatic carbocycles. The standard InChI is InChI=1S/C23H27N3O2/c1-28-21-7-8-22-20(16-21)17-24-26(22)14-11-23(27)25-12-9-19(10-13-25)15-18-5-3-2-4-6-18/h2-8,16-17,19H,9-15H2,1H3. The van der Waals surface area contributed by atoms with Crippen LogP contribution in [-0.4, -0.2) is 40.8 Å². The lowest BCUT2D eigenvalue weighted by molar-refractivity contribution is -0.132. The summed E-state index contributed by atoms with van der Waals surface area (Å²) in [5.41, 5.74) is 2.43. The topological polar surface area (TPSA) is 47.4 Å². The van der Waals surface area contributed by atoms with E-state index in [4.69, 9.17) is 4.74 Å². The fraction of sp³-hybridized carbons (Fsp3) is 0.391. The maximum atomic E-state index is 12.7. The van der Waals surface area contributed by atoms with Crippen LogP contribution in [0.15, 0.2) is 54.7 Å². The zero-order chi connectivity index (χ0) is 19.3. The van der Waals surface area contributed by atoms with Gasteiger partial charge in [0.25, 0.3) is 0 Å². The first-order valence-corrected chi connectivity index (χ1v) is 10.0. The Kier molecular flexibility index (Phi) is 5.60. The Bertz CT molecular complexity index is 927. The van der Waals surface area contributed by atoms with Crippen LogP contribution in [-0.2, 0) is 17.8 Å². The van der Waals surface area contributed by atoms with E-state index in [1.165, 1.54) is 5.56 Å². The van der Waals surface area contributed by atoms with Gasteiger partial charge in [0.1, 0.15) is 5.75 Å². The van der Waals surface area contributed by atoms with Crippen molar-refractivity contribution < 1.29 is 9.53 Å². The number of benzene rings is 2. The molecule has 0 radical (unpaired) electrons. The highest BCUT2D eigenvalue weighted by Gasteiger charge is 2.22. The summed E-state index contributed by atoms with van der Waals surface area (Å²) in [5.74, 6) is 1.73. The van der Waals surface area contributed by atoms with Crippen LogP contribution in [0, 0.1) is 5.92 Å². The highest BCUT2D eigenvalue weighted by Crippen LogP contribution is 2.23. The van der Waals surface area contributed by atoms with Crippen molar-refractivity contribution in [2.24, 2.45) is 5.92 Å². The Morgan fingerprint density at radius 3 is 2.68 bits per heavy atom. The third-order valence-electron chi connectivity index (χ3n) is 5.72. The number of methoxy groups -OCH3 is 1. The molecular formula is C23H27N3O2. The number of piperidine rings is 1. The number of carbonyl (C=O) groups excluding carboxylic acids is 1. The summed E-state index contributed by atoms with van der Waals surface area (Å²) in [5, 5.41) is 5.47. The van der Waals surface area contributed by atoms with Crippen LogP contribution >= 0.6 is 0 Å². The van der Waals surface area contributed by atoms with Gasteiger partial charge >= 0.3 is 0 Å². The predicted octanol–water partition coefficient (Wildman–Crippen LogP) is 3.92. The average Bonchev–Trinajstić information content (AvgIpc) is 3.15. The molecule has 5 nitrogen and oxygen atoms in total. The van der Waals surface area contributed by atoms with Gasteiger partial charge in [0, 0.05) is 24.9 Å². The van der Waals surface area contributed by atoms with Gasteiger partial charge in [-0.2, -0.15) is 5.10 Å². The molecule has 1 amide bonds. The lowest BCUT2D eigenvalue weighted by Gasteiger charge is -2.32. The van der Waals surface area contributed by atoms with Gasteiger partial charge in [-0.3, -0.25) is 9.48 Å². The first-order chi connectivity index (χ1) is 13.7. The van der Waals surface area contributed by atoms with Crippen molar-refractivity contribution in [3.63, 3.8) is 0 Å². The highest BCUT2D eigenvalue weighted by molar-refractivity contribution is 5.80. The molecule has 1 fully saturated rings. The molecule has 3 aromatic rings. The summed E-state index contributed by atoms with van der Waals surface area (Å²) < 4.78 is 7.17. The van der Waals surface area contributed by atoms with E-state index in [0.29, 0.717) is 18.9 Å². The number of likely N-dealkylation sites (tertiary alicyclic amines) is 1. The molecule has 4 rings (SSSR count). The number of ether oxygens (including phenoxy) is 1. The fourth-order valence-electron chi connectivity index (χ4n) is 4.06. The number of hydrogen-bond donors (Lipinski definition) is 0. The largest absolute Gasteiger partial charge is 0.497 e. The Labute approximate surface area is 165 Å². The Morgan fingerprint density at radius 1 is 1.14 bits per heavy atom. The van der Waals surface area contributed by atoms with Crippen molar-refractivity contribution in [1.82, 2.24) is 14.7 Å². The molecule has 2 heterocycles. The second-order valence-electron chi connectivity index (χ2n) is 7.56. The number of aromatic nitrogens is 2. The van der Waals surface area contributed by atoms with E-state index in [0.717, 1.165) is 49.0 Å². The van der Waals surface area contributed by atoms with E-state index in [-0.39, 0.29) is 5.91 Å². The second-order valence-corrected chi connectivity index (χ2v) is 7.56. The molecule has 5 heteroatoms. The number of fused-ring (bicyclic) bond motifs is 1. The first-order valence-electron chi connectivity index (χ1n) is 10.0. The molecule has 0 unspecified atom stereocenters. The van der Waals surface area contributed by atoms with Crippen molar-refractivity contribution in [3.05, 3.63) is 60.3 Å². The third kappa shape index (κ3) is 4.19. The van der Waals surface area contributed by atoms with Gasteiger partial charge in [0.2, 0.25) is 5.91 Å². The van der Waals surface area contributed by atoms with Crippen LogP contribution in [0.2, 0.25) is 0 Å². The van der Waals surface area contributed by atoms with Gasteiger partial charge in [0.05, 0.1) is 25.4 Å². The summed E-state index contributed by atoms with van der Waals surface area (Å²) in [6.07, 6.45) is 5.62. The van der Waals surface area contributed by atoms with E-state index < -0.39 is 0 Å². The van der Waals surface area contributed by atoms with Gasteiger partial charge in [-0.05, 0) is 48.9 Å². The van der Waals surface area contributed by atoms with E-state index in [1.54, 1.807) is 7.11 Å². The zero-order valence-corrected chi connectivity index (χ0v) is 16.4. The van der Waals surface area contributed by atoms with Crippen molar-refractivity contribution in [2.75, 3.05) is 20.2 Å². The Balaban J connectivity index is 1.28. The van der Waals surface area contributed by atoms with Crippen LogP contribution in [0.25, 0.3) is 10.9 Å². The molecule has 28 heavy (non-hydrogen) atoms. The van der Waals surface area contributed by atoms with Crippen molar-refractivity contribution in [1.29, 1.82) is 0 Å². The molecule has 1 aliphatic heterocycles. The summed E-state index contributed by atoms with van der Waals surface area (Å²) in [6, 6.07) is 16.6. The molecule has 0 saturated carbocycles. The number of nitrogens with zero attached hydrogens (tertiary/aromatic N) is 3. The molecule has 0 N–H and O–H groups in total. The highest BCUT2D eigenvalue weighted by atomic mass is 16.5. The normalized spacial score (nSPS) is 15.1. The molecule has 0 bridgehead atoms. The number of aryl methyl sites for hydroxylation is 1. The molecule has 2 aromatic carbocycles. The van der Waals surface area contributed by atoms with Gasteiger partial charge in [-0.15, -0.1) is 0 Å². The lowest BCUT2D eigenvalue weighted by Crippen LogP contribution is -2.39. The van der Waals surface area contributed by atoms with Crippen molar-refractivity contribution >= 4 is 16.8 Å². The van der Waals surface area contributed by atoms with E-state index >= 15 is 0 Å². The molecule has 1 saturated heterocycles. The minimum Gasteiger partial charge on any atom is -0.497 e. The minimum atomic E-state index is 0.232. The number of hydrogen-bond acceptors (Lipinski definition) is 3. The predicted molar refractivity (Wildman–Crippen MR) is 110 cm³/mol. The molecule has 0 spiro atoms. The maximum Gasteiger partial charge on any atom is 0.224 e. The van der Waals surface area contributed by atoms with Crippen LogP contribution in [0.5, 0.6) is 5.75 Å². The zero-order valence-electron chi connectivity index (χ0n) is 16.4. The van der Waals surface area contributed by atoms with Crippen molar-refractivity contribution in [2.45, 2.75) is 32.2 Å². The van der Waals surface area contributed by atoms with Gasteiger partial charge in [-0.25, -0.2) is 0 Å². The number of rotatable bonds is 6. The number of carbonyl (C=O) groups is 1. The third-order valence-corrected chi connectivity index (χ3v) is 5.72. The van der Waals surface area contributed by atoms with Crippen molar-refractivity contribution in [3.8, 4) is 5.75 Å². The van der Waals surface area contributed by atoms with Crippen LogP contribution < -0.4 is 4.74 Å². The Morgan fingerprint density at radius 2 is 1.93 bits per heavy atom. The smallest absolute Gasteiger partial charge is 0.224 e. The molecule has 146 valence electrons. The molecule has 0 atom stereocenters. The second kappa shape index (κ2) is 8.46. The van der Waals surface area contributed by atoms with E-state index in [1.807, 2.05) is 34.0 Å². The summed E-state index contributed by atoms with van der Waals surface area (Å²) >= 11 is 0. The quantitative estimate of drug-likeness (QED) is 0.654. The summed E-state index contributed by atoms with van der Waals surface area (Å²) in [6.45, 7) is 2.35. The van der Waals surface area contributed by atoms with Crippen LogP contribution in [0.3, 0.4) is 0 Å². The lowest BCUT2D eigenvalue weighted by atomic mass is 9.90. The SMILES string of the molecule is COc1ccc2c(cnn2CCC(=O)N2CCC(Cc3ccccc3)CC2)c1. The number of amides is 1. The van der Waals surface area contributed by atoms with E-state index in [9.17, 15) is 4.79 Å². The molecular weight excluding hydrogens is 350 g/mol. The van der Waals surface area contributed by atoms with Gasteiger partial charge in [-0.1, -0.05) is 30.3 Å². The first kappa shape index (κ1) is 18.5. The monoisotopic (exact) mass is 377 g/mol. The minimum absolute atomic E-state index is 0.232. The van der Waals surface area contributed by atoms with Crippen LogP contribution in [0.1, 0.15) is 24.8 Å². The maximum absolute atomic E-state index is 12.7. The summed E-state index contributed by atoms with van der Waals surface area (Å²) in [7, 11) is 1.66. The molecule has 1 aliphatic rings. The van der Waals surface area contributed by atoms with Gasteiger partial charge < -0.3 is 9.64 Å². The van der Waals surface area contributed by atoms with Crippen LogP contribution in [0.4, 0.5) is 0 Å². The van der Waals surface area contributed by atoms with E-state index in [2.05, 4.69) is 35.4 Å². The van der Waals surface area contributed by atoms with Gasteiger partial charge in [0.15, 0.2) is 0 Å².